The quantitative estimate of drug-likeness (QED) is 0.329. The molecule has 1 unspecified atom stereocenters. The number of aliphatic imine (C=N–C) groups is 1. The molecule has 1 saturated heterocycles. The Bertz CT molecular complexity index is 553. The van der Waals surface area contributed by atoms with Crippen LogP contribution in [-0.4, -0.2) is 49.0 Å². The lowest BCUT2D eigenvalue weighted by Gasteiger charge is -2.41. The van der Waals surface area contributed by atoms with Crippen LogP contribution in [0.3, 0.4) is 0 Å². The van der Waals surface area contributed by atoms with Crippen molar-refractivity contribution < 1.29 is 4.79 Å². The number of hydrogen-bond acceptors (Lipinski definition) is 2. The van der Waals surface area contributed by atoms with Gasteiger partial charge < -0.3 is 15.5 Å². The molecular formula is C22H39IN4O. The SMILES string of the molecule is CCNC(=NCC1(C2CC2)CCC1)NC1CCN(C(=O)C2CCCCC2)C1.I. The van der Waals surface area contributed by atoms with Gasteiger partial charge in [0.2, 0.25) is 5.91 Å². The van der Waals surface area contributed by atoms with Gasteiger partial charge in [-0.05, 0) is 63.2 Å². The summed E-state index contributed by atoms with van der Waals surface area (Å²) in [6, 6.07) is 0.341. The number of amides is 1. The van der Waals surface area contributed by atoms with Crippen molar-refractivity contribution in [2.75, 3.05) is 26.2 Å². The number of hydrogen-bond donors (Lipinski definition) is 2. The van der Waals surface area contributed by atoms with Gasteiger partial charge >= 0.3 is 0 Å². The predicted octanol–water partition coefficient (Wildman–Crippen LogP) is 3.92. The van der Waals surface area contributed by atoms with Crippen LogP contribution < -0.4 is 10.6 Å². The molecule has 0 aromatic heterocycles. The van der Waals surface area contributed by atoms with Crippen LogP contribution >= 0.6 is 24.0 Å². The zero-order valence-corrected chi connectivity index (χ0v) is 19.9. The van der Waals surface area contributed by atoms with Crippen LogP contribution in [0, 0.1) is 17.3 Å². The monoisotopic (exact) mass is 502 g/mol. The van der Waals surface area contributed by atoms with Gasteiger partial charge in [-0.25, -0.2) is 0 Å². The Morgan fingerprint density at radius 3 is 2.43 bits per heavy atom. The van der Waals surface area contributed by atoms with Gasteiger partial charge in [0, 0.05) is 38.1 Å². The smallest absolute Gasteiger partial charge is 0.225 e. The minimum atomic E-state index is 0. The Hall–Kier alpha value is -0.530. The second-order valence-electron chi connectivity index (χ2n) is 9.43. The summed E-state index contributed by atoms with van der Waals surface area (Å²) < 4.78 is 0. The van der Waals surface area contributed by atoms with Crippen molar-refractivity contribution in [2.24, 2.45) is 22.2 Å². The van der Waals surface area contributed by atoms with E-state index in [2.05, 4.69) is 22.5 Å². The van der Waals surface area contributed by atoms with E-state index in [0.29, 0.717) is 17.4 Å². The first-order valence-electron chi connectivity index (χ1n) is 11.5. The van der Waals surface area contributed by atoms with Gasteiger partial charge in [-0.1, -0.05) is 25.7 Å². The zero-order valence-electron chi connectivity index (χ0n) is 17.5. The summed E-state index contributed by atoms with van der Waals surface area (Å²) in [4.78, 5) is 19.9. The summed E-state index contributed by atoms with van der Waals surface area (Å²) in [5.74, 6) is 2.59. The molecule has 1 atom stereocenters. The molecule has 0 radical (unpaired) electrons. The van der Waals surface area contributed by atoms with Crippen LogP contribution in [0.4, 0.5) is 0 Å². The molecule has 4 aliphatic rings. The lowest BCUT2D eigenvalue weighted by Crippen LogP contribution is -2.46. The van der Waals surface area contributed by atoms with Gasteiger partial charge in [0.15, 0.2) is 5.96 Å². The van der Waals surface area contributed by atoms with Crippen molar-refractivity contribution in [2.45, 2.75) is 83.6 Å². The van der Waals surface area contributed by atoms with Crippen molar-refractivity contribution in [1.29, 1.82) is 0 Å². The maximum absolute atomic E-state index is 12.8. The molecule has 5 nitrogen and oxygen atoms in total. The van der Waals surface area contributed by atoms with Crippen molar-refractivity contribution >= 4 is 35.8 Å². The molecule has 0 aromatic carbocycles. The summed E-state index contributed by atoms with van der Waals surface area (Å²) in [5.41, 5.74) is 0.515. The summed E-state index contributed by atoms with van der Waals surface area (Å²) in [6.07, 6.45) is 14.0. The zero-order chi connectivity index (χ0) is 18.7. The number of carbonyl (C=O) groups is 1. The third-order valence-electron chi connectivity index (χ3n) is 7.48. The number of halogens is 1. The first kappa shape index (κ1) is 22.2. The maximum Gasteiger partial charge on any atom is 0.225 e. The predicted molar refractivity (Wildman–Crippen MR) is 125 cm³/mol. The van der Waals surface area contributed by atoms with E-state index in [1.807, 2.05) is 0 Å². The second-order valence-corrected chi connectivity index (χ2v) is 9.43. The average molecular weight is 502 g/mol. The molecule has 1 aliphatic heterocycles. The van der Waals surface area contributed by atoms with Gasteiger partial charge in [-0.3, -0.25) is 9.79 Å². The minimum Gasteiger partial charge on any atom is -0.357 e. The topological polar surface area (TPSA) is 56.7 Å². The van der Waals surface area contributed by atoms with Crippen LogP contribution in [0.5, 0.6) is 0 Å². The number of nitrogens with one attached hydrogen (secondary N) is 2. The highest BCUT2D eigenvalue weighted by Gasteiger charge is 2.48. The van der Waals surface area contributed by atoms with Gasteiger partial charge in [-0.2, -0.15) is 0 Å². The van der Waals surface area contributed by atoms with Gasteiger partial charge in [0.05, 0.1) is 0 Å². The summed E-state index contributed by atoms with van der Waals surface area (Å²) in [6.45, 7) is 5.74. The van der Waals surface area contributed by atoms with Crippen molar-refractivity contribution in [3.05, 3.63) is 0 Å². The van der Waals surface area contributed by atoms with Crippen LogP contribution in [0.15, 0.2) is 4.99 Å². The standard InChI is InChI=1S/C22H38N4O.HI/c1-2-23-21(24-16-22(12-6-13-22)18-9-10-18)25-19-11-14-26(15-19)20(27)17-7-4-3-5-8-17;/h17-19H,2-16H2,1H3,(H2,23,24,25);1H. The number of likely N-dealkylation sites (tertiary alicyclic amines) is 1. The molecule has 3 saturated carbocycles. The molecule has 0 spiro atoms. The lowest BCUT2D eigenvalue weighted by molar-refractivity contribution is -0.135. The first-order valence-corrected chi connectivity index (χ1v) is 11.5. The van der Waals surface area contributed by atoms with Crippen molar-refractivity contribution in [3.8, 4) is 0 Å². The largest absolute Gasteiger partial charge is 0.357 e. The van der Waals surface area contributed by atoms with E-state index >= 15 is 0 Å². The Morgan fingerprint density at radius 1 is 1.07 bits per heavy atom. The third kappa shape index (κ3) is 5.14. The average Bonchev–Trinajstić information content (AvgIpc) is 3.40. The Kier molecular flexibility index (Phi) is 7.90. The van der Waals surface area contributed by atoms with E-state index < -0.39 is 0 Å². The molecule has 6 heteroatoms. The summed E-state index contributed by atoms with van der Waals surface area (Å²) in [5, 5.41) is 7.06. The van der Waals surface area contributed by atoms with E-state index in [1.165, 1.54) is 51.4 Å². The second kappa shape index (κ2) is 9.98. The van der Waals surface area contributed by atoms with E-state index in [0.717, 1.165) is 57.3 Å². The number of rotatable bonds is 6. The summed E-state index contributed by atoms with van der Waals surface area (Å²) >= 11 is 0. The fourth-order valence-electron chi connectivity index (χ4n) is 5.46. The molecular weight excluding hydrogens is 463 g/mol. The fourth-order valence-corrected chi connectivity index (χ4v) is 5.46. The van der Waals surface area contributed by atoms with Gasteiger partial charge in [0.25, 0.3) is 0 Å². The van der Waals surface area contributed by atoms with Gasteiger partial charge in [-0.15, -0.1) is 24.0 Å². The molecule has 28 heavy (non-hydrogen) atoms. The first-order chi connectivity index (χ1) is 13.2. The van der Waals surface area contributed by atoms with Crippen LogP contribution in [0.25, 0.3) is 0 Å². The van der Waals surface area contributed by atoms with E-state index in [-0.39, 0.29) is 29.9 Å². The highest BCUT2D eigenvalue weighted by molar-refractivity contribution is 14.0. The highest BCUT2D eigenvalue weighted by Crippen LogP contribution is 2.57. The fraction of sp³-hybridized carbons (Fsp3) is 0.909. The molecule has 3 aliphatic carbocycles. The van der Waals surface area contributed by atoms with Gasteiger partial charge in [0.1, 0.15) is 0 Å². The van der Waals surface area contributed by atoms with Crippen LogP contribution in [-0.2, 0) is 4.79 Å². The number of nitrogens with zero attached hydrogens (tertiary/aromatic N) is 2. The van der Waals surface area contributed by atoms with Crippen LogP contribution in [0.2, 0.25) is 0 Å². The minimum absolute atomic E-state index is 0. The highest BCUT2D eigenvalue weighted by atomic mass is 127. The normalized spacial score (nSPS) is 27.7. The van der Waals surface area contributed by atoms with E-state index in [1.54, 1.807) is 0 Å². The number of carbonyl (C=O) groups excluding carboxylic acids is 1. The molecule has 160 valence electrons. The molecule has 0 aromatic rings. The third-order valence-corrected chi connectivity index (χ3v) is 7.48. The molecule has 4 rings (SSSR count). The molecule has 0 bridgehead atoms. The Balaban J connectivity index is 0.00000225. The lowest BCUT2D eigenvalue weighted by atomic mass is 9.65. The molecule has 2 N–H and O–H groups in total. The molecule has 4 fully saturated rings. The summed E-state index contributed by atoms with van der Waals surface area (Å²) in [7, 11) is 0. The van der Waals surface area contributed by atoms with Crippen molar-refractivity contribution in [1.82, 2.24) is 15.5 Å². The number of guanidine groups is 1. The Labute approximate surface area is 187 Å². The van der Waals surface area contributed by atoms with Crippen LogP contribution in [0.1, 0.15) is 77.6 Å². The van der Waals surface area contributed by atoms with Crippen molar-refractivity contribution in [3.63, 3.8) is 0 Å². The van der Waals surface area contributed by atoms with E-state index in [9.17, 15) is 4.79 Å². The molecule has 1 amide bonds. The Morgan fingerprint density at radius 2 is 1.82 bits per heavy atom. The maximum atomic E-state index is 12.8. The molecule has 1 heterocycles. The van der Waals surface area contributed by atoms with E-state index in [4.69, 9.17) is 4.99 Å².